The van der Waals surface area contributed by atoms with Gasteiger partial charge in [0.2, 0.25) is 0 Å². The van der Waals surface area contributed by atoms with E-state index in [4.69, 9.17) is 28.4 Å². The Hall–Kier alpha value is -2.79. The highest BCUT2D eigenvalue weighted by atomic mass is 16.6. The van der Waals surface area contributed by atoms with Gasteiger partial charge in [-0.15, -0.1) is 0 Å². The number of nitrogens with zero attached hydrogens (tertiary/aromatic N) is 1. The van der Waals surface area contributed by atoms with Gasteiger partial charge in [-0.25, -0.2) is 4.79 Å². The average Bonchev–Trinajstić information content (AvgIpc) is 3.30. The molecule has 1 saturated carbocycles. The molecule has 49 heavy (non-hydrogen) atoms. The highest BCUT2D eigenvalue weighted by molar-refractivity contribution is 5.77. The third kappa shape index (κ3) is 10.4. The molecule has 2 aliphatic heterocycles. The lowest BCUT2D eigenvalue weighted by Crippen LogP contribution is -2.43. The molecule has 1 N–H and O–H groups in total. The van der Waals surface area contributed by atoms with Gasteiger partial charge in [-0.1, -0.05) is 48.0 Å². The van der Waals surface area contributed by atoms with E-state index in [0.29, 0.717) is 26.4 Å². The smallest absolute Gasteiger partial charge is 0.332 e. The number of likely N-dealkylation sites (tertiary alicyclic amines) is 1. The predicted octanol–water partition coefficient (Wildman–Crippen LogP) is 6.43. The Balaban J connectivity index is 1.09. The van der Waals surface area contributed by atoms with Gasteiger partial charge in [0.1, 0.15) is 30.2 Å². The summed E-state index contributed by atoms with van der Waals surface area (Å²) in [5.41, 5.74) is 5.15. The zero-order valence-electron chi connectivity index (χ0n) is 30.4. The van der Waals surface area contributed by atoms with Crippen molar-refractivity contribution in [3.8, 4) is 0 Å². The van der Waals surface area contributed by atoms with E-state index in [2.05, 4.69) is 49.9 Å². The molecule has 2 fully saturated rings. The maximum Gasteiger partial charge on any atom is 0.332 e. The Kier molecular flexibility index (Phi) is 13.0. The van der Waals surface area contributed by atoms with Crippen LogP contribution in [0.1, 0.15) is 87.1 Å². The molecule has 2 aromatic rings. The number of hydrogen-bond donors (Lipinski definition) is 1. The van der Waals surface area contributed by atoms with Gasteiger partial charge in [0.15, 0.2) is 6.29 Å². The van der Waals surface area contributed by atoms with Crippen LogP contribution in [0.5, 0.6) is 0 Å². The number of carbonyl (C=O) groups excluding carboxylic acids is 1. The summed E-state index contributed by atoms with van der Waals surface area (Å²) in [6, 6.07) is 14.5. The topological polar surface area (TPSA) is 95.9 Å². The molecule has 0 amide bonds. The zero-order valence-corrected chi connectivity index (χ0v) is 30.4. The number of carbonyl (C=O) groups is 1. The van der Waals surface area contributed by atoms with Crippen LogP contribution in [0.2, 0.25) is 0 Å². The molecule has 5 rings (SSSR count). The summed E-state index contributed by atoms with van der Waals surface area (Å²) in [6.07, 6.45) is 4.55. The molecule has 9 heteroatoms. The fourth-order valence-corrected chi connectivity index (χ4v) is 7.48. The van der Waals surface area contributed by atoms with Gasteiger partial charge >= 0.3 is 5.97 Å². The molecular weight excluding hydrogens is 622 g/mol. The van der Waals surface area contributed by atoms with E-state index >= 15 is 0 Å². The molecule has 1 atom stereocenters. The maximum absolute atomic E-state index is 11.7. The van der Waals surface area contributed by atoms with Crippen molar-refractivity contribution in [2.45, 2.75) is 116 Å². The molecule has 0 bridgehead atoms. The summed E-state index contributed by atoms with van der Waals surface area (Å²) in [4.78, 5) is 14.1. The van der Waals surface area contributed by atoms with Crippen LogP contribution in [0.25, 0.3) is 5.57 Å². The molecule has 1 saturated heterocycles. The van der Waals surface area contributed by atoms with Crippen molar-refractivity contribution in [3.63, 3.8) is 0 Å². The Morgan fingerprint density at radius 2 is 1.55 bits per heavy atom. The number of aliphatic hydroxyl groups is 1. The SMILES string of the molecule is Cc1cc(C)c(C2=C(OCc3ccccc3)C3(CCC(OC4CCN(CCOCCOCC(=O)OC(C)(C)C)CC4)CC3)OC2O)c(C)c1. The summed E-state index contributed by atoms with van der Waals surface area (Å²) in [5, 5.41) is 11.4. The standard InChI is InChI=1S/C40H57NO8/c1-28-24-29(2)35(30(3)25-28)36-37(46-26-31-10-8-7-9-11-31)40(49-38(36)43)16-12-32(13-17-40)47-33-14-18-41(19-15-33)20-21-44-22-23-45-27-34(42)48-39(4,5)6/h7-11,24-25,32-33,38,43H,12-23,26-27H2,1-6H3. The lowest BCUT2D eigenvalue weighted by atomic mass is 9.80. The average molecular weight is 680 g/mol. The zero-order chi connectivity index (χ0) is 35.0. The molecule has 1 spiro atoms. The van der Waals surface area contributed by atoms with E-state index in [1.54, 1.807) is 0 Å². The molecule has 270 valence electrons. The number of esters is 1. The van der Waals surface area contributed by atoms with Crippen LogP contribution in [0.3, 0.4) is 0 Å². The van der Waals surface area contributed by atoms with Crippen LogP contribution >= 0.6 is 0 Å². The predicted molar refractivity (Wildman–Crippen MR) is 189 cm³/mol. The largest absolute Gasteiger partial charge is 0.490 e. The highest BCUT2D eigenvalue weighted by Crippen LogP contribution is 2.50. The molecular formula is C40H57NO8. The van der Waals surface area contributed by atoms with Crippen molar-refractivity contribution in [2.24, 2.45) is 0 Å². The first-order chi connectivity index (χ1) is 23.4. The molecule has 0 radical (unpaired) electrons. The van der Waals surface area contributed by atoms with Crippen LogP contribution < -0.4 is 0 Å². The van der Waals surface area contributed by atoms with E-state index in [0.717, 1.165) is 91.7 Å². The molecule has 0 aromatic heterocycles. The minimum absolute atomic E-state index is 0.0567. The van der Waals surface area contributed by atoms with Gasteiger partial charge in [-0.3, -0.25) is 0 Å². The molecule has 3 aliphatic rings. The van der Waals surface area contributed by atoms with E-state index < -0.39 is 17.5 Å². The third-order valence-corrected chi connectivity index (χ3v) is 9.64. The van der Waals surface area contributed by atoms with Crippen LogP contribution in [-0.4, -0.2) is 91.7 Å². The van der Waals surface area contributed by atoms with E-state index in [1.165, 1.54) is 5.56 Å². The summed E-state index contributed by atoms with van der Waals surface area (Å²) >= 11 is 0. The van der Waals surface area contributed by atoms with Crippen LogP contribution in [-0.2, 0) is 39.8 Å². The van der Waals surface area contributed by atoms with E-state index in [-0.39, 0.29) is 24.8 Å². The lowest BCUT2D eigenvalue weighted by molar-refractivity contribution is -0.164. The Labute approximate surface area is 292 Å². The van der Waals surface area contributed by atoms with Gasteiger partial charge < -0.3 is 38.4 Å². The number of ether oxygens (including phenoxy) is 6. The second-order valence-corrected chi connectivity index (χ2v) is 14.9. The Morgan fingerprint density at radius 1 is 0.918 bits per heavy atom. The highest BCUT2D eigenvalue weighted by Gasteiger charge is 2.51. The minimum Gasteiger partial charge on any atom is -0.490 e. The normalized spacial score (nSPS) is 23.7. The summed E-state index contributed by atoms with van der Waals surface area (Å²) in [7, 11) is 0. The number of rotatable bonds is 14. The molecule has 1 aliphatic carbocycles. The Bertz CT molecular complexity index is 1380. The van der Waals surface area contributed by atoms with Gasteiger partial charge in [0.05, 0.1) is 37.6 Å². The van der Waals surface area contributed by atoms with E-state index in [1.807, 2.05) is 39.0 Å². The summed E-state index contributed by atoms with van der Waals surface area (Å²) in [6.45, 7) is 16.5. The molecule has 9 nitrogen and oxygen atoms in total. The fourth-order valence-electron chi connectivity index (χ4n) is 7.48. The molecule has 2 aromatic carbocycles. The van der Waals surface area contributed by atoms with Crippen molar-refractivity contribution in [3.05, 3.63) is 76.0 Å². The van der Waals surface area contributed by atoms with Crippen LogP contribution in [0.4, 0.5) is 0 Å². The Morgan fingerprint density at radius 3 is 2.20 bits per heavy atom. The van der Waals surface area contributed by atoms with E-state index in [9.17, 15) is 9.90 Å². The molecule has 2 heterocycles. The van der Waals surface area contributed by atoms with Gasteiger partial charge in [0.25, 0.3) is 0 Å². The van der Waals surface area contributed by atoms with Gasteiger partial charge in [-0.05, 0) is 102 Å². The number of piperidine rings is 1. The van der Waals surface area contributed by atoms with Gasteiger partial charge in [0, 0.05) is 19.6 Å². The third-order valence-electron chi connectivity index (χ3n) is 9.64. The fraction of sp³-hybridized carbons (Fsp3) is 0.625. The second-order valence-electron chi connectivity index (χ2n) is 14.9. The lowest BCUT2D eigenvalue weighted by Gasteiger charge is -2.40. The number of hydrogen-bond acceptors (Lipinski definition) is 9. The monoisotopic (exact) mass is 679 g/mol. The second kappa shape index (κ2) is 16.9. The number of aryl methyl sites for hydroxylation is 3. The number of benzene rings is 2. The summed E-state index contributed by atoms with van der Waals surface area (Å²) < 4.78 is 36.2. The maximum atomic E-state index is 11.7. The van der Waals surface area contributed by atoms with Crippen molar-refractivity contribution in [1.82, 2.24) is 4.90 Å². The minimum atomic E-state index is -1.04. The first-order valence-electron chi connectivity index (χ1n) is 18.0. The first-order valence-corrected chi connectivity index (χ1v) is 18.0. The van der Waals surface area contributed by atoms with Crippen LogP contribution in [0, 0.1) is 20.8 Å². The van der Waals surface area contributed by atoms with Crippen molar-refractivity contribution in [2.75, 3.05) is 46.1 Å². The van der Waals surface area contributed by atoms with Gasteiger partial charge in [-0.2, -0.15) is 0 Å². The van der Waals surface area contributed by atoms with Crippen molar-refractivity contribution < 1.29 is 38.3 Å². The molecule has 1 unspecified atom stereocenters. The quantitative estimate of drug-likeness (QED) is 0.179. The summed E-state index contributed by atoms with van der Waals surface area (Å²) in [5.74, 6) is 0.422. The first kappa shape index (κ1) is 37.5. The number of aliphatic hydroxyl groups excluding tert-OH is 1. The van der Waals surface area contributed by atoms with Crippen molar-refractivity contribution >= 4 is 11.5 Å². The van der Waals surface area contributed by atoms with Crippen molar-refractivity contribution in [1.29, 1.82) is 0 Å². The van der Waals surface area contributed by atoms with Crippen LogP contribution in [0.15, 0.2) is 48.2 Å².